The summed E-state index contributed by atoms with van der Waals surface area (Å²) in [5.41, 5.74) is 0.196. The molecule has 1 rings (SSSR count). The fourth-order valence-corrected chi connectivity index (χ4v) is 1.83. The summed E-state index contributed by atoms with van der Waals surface area (Å²) in [6.07, 6.45) is 6.21. The van der Waals surface area contributed by atoms with Crippen LogP contribution in [0.5, 0.6) is 0 Å². The summed E-state index contributed by atoms with van der Waals surface area (Å²) in [6.45, 7) is 7.97. The summed E-state index contributed by atoms with van der Waals surface area (Å²) in [4.78, 5) is 18.9. The van der Waals surface area contributed by atoms with Gasteiger partial charge in [-0.1, -0.05) is 31.0 Å². The molecular formula is C15H24ClN3O2. The number of amides is 1. The van der Waals surface area contributed by atoms with Gasteiger partial charge >= 0.3 is 6.09 Å². The van der Waals surface area contributed by atoms with Crippen LogP contribution in [-0.2, 0) is 11.2 Å². The summed E-state index contributed by atoms with van der Waals surface area (Å²) in [5, 5.41) is 3.16. The Balaban J connectivity index is 2.43. The number of H-pyrrole nitrogens is 1. The van der Waals surface area contributed by atoms with E-state index < -0.39 is 11.7 Å². The van der Waals surface area contributed by atoms with E-state index in [-0.39, 0.29) is 0 Å². The highest BCUT2D eigenvalue weighted by Gasteiger charge is 2.15. The number of aryl methyl sites for hydroxylation is 1. The number of alkyl carbamates (subject to hydrolysis) is 1. The Morgan fingerprint density at radius 1 is 1.48 bits per heavy atom. The standard InChI is InChI=1S/C15H24ClN3O2/c1-5-6-9-12-18-11(13(16)19-12)8-7-10-17-14(20)21-15(2,3)4/h7-8H,5-6,9-10H2,1-4H3,(H,17,20)(H,18,19). The van der Waals surface area contributed by atoms with Gasteiger partial charge in [-0.15, -0.1) is 0 Å². The van der Waals surface area contributed by atoms with E-state index in [1.807, 2.05) is 20.8 Å². The summed E-state index contributed by atoms with van der Waals surface area (Å²) >= 11 is 6.07. The second-order valence-electron chi connectivity index (χ2n) is 5.77. The Labute approximate surface area is 131 Å². The zero-order valence-electron chi connectivity index (χ0n) is 13.1. The number of hydrogen-bond donors (Lipinski definition) is 2. The van der Waals surface area contributed by atoms with Crippen LogP contribution in [0.25, 0.3) is 6.08 Å². The molecule has 0 fully saturated rings. The van der Waals surface area contributed by atoms with Crippen LogP contribution in [0.3, 0.4) is 0 Å². The van der Waals surface area contributed by atoms with Gasteiger partial charge in [-0.25, -0.2) is 9.78 Å². The van der Waals surface area contributed by atoms with Gasteiger partial charge in [0.15, 0.2) is 0 Å². The Hall–Kier alpha value is -1.49. The highest BCUT2D eigenvalue weighted by atomic mass is 35.5. The third-order valence-corrected chi connectivity index (χ3v) is 2.83. The number of halogens is 1. The minimum atomic E-state index is -0.493. The van der Waals surface area contributed by atoms with E-state index in [1.54, 1.807) is 12.2 Å². The van der Waals surface area contributed by atoms with Crippen LogP contribution in [-0.4, -0.2) is 28.2 Å². The number of imidazole rings is 1. The maximum atomic E-state index is 11.4. The Kier molecular flexibility index (Phi) is 6.75. The lowest BCUT2D eigenvalue weighted by atomic mass is 10.2. The number of rotatable bonds is 6. The molecule has 1 heterocycles. The summed E-state index contributed by atoms with van der Waals surface area (Å²) in [7, 11) is 0. The number of carbonyl (C=O) groups is 1. The highest BCUT2D eigenvalue weighted by molar-refractivity contribution is 6.30. The zero-order valence-corrected chi connectivity index (χ0v) is 13.9. The summed E-state index contributed by atoms with van der Waals surface area (Å²) in [6, 6.07) is 0. The molecule has 0 bridgehead atoms. The lowest BCUT2D eigenvalue weighted by Gasteiger charge is -2.19. The zero-order chi connectivity index (χ0) is 15.9. The number of unbranched alkanes of at least 4 members (excludes halogenated alkanes) is 1. The predicted molar refractivity (Wildman–Crippen MR) is 85.5 cm³/mol. The van der Waals surface area contributed by atoms with Crippen molar-refractivity contribution in [2.24, 2.45) is 0 Å². The maximum absolute atomic E-state index is 11.4. The molecular weight excluding hydrogens is 290 g/mol. The van der Waals surface area contributed by atoms with Crippen molar-refractivity contribution in [3.05, 3.63) is 22.7 Å². The molecule has 0 aliphatic rings. The molecule has 0 spiro atoms. The van der Waals surface area contributed by atoms with Crippen molar-refractivity contribution in [1.29, 1.82) is 0 Å². The minimum Gasteiger partial charge on any atom is -0.444 e. The third-order valence-electron chi connectivity index (χ3n) is 2.54. The molecule has 0 saturated carbocycles. The first-order valence-electron chi connectivity index (χ1n) is 7.19. The van der Waals surface area contributed by atoms with Crippen LogP contribution in [0, 0.1) is 0 Å². The van der Waals surface area contributed by atoms with Crippen molar-refractivity contribution in [3.63, 3.8) is 0 Å². The van der Waals surface area contributed by atoms with Crippen molar-refractivity contribution < 1.29 is 9.53 Å². The van der Waals surface area contributed by atoms with Crippen molar-refractivity contribution in [2.45, 2.75) is 52.6 Å². The second-order valence-corrected chi connectivity index (χ2v) is 6.15. The summed E-state index contributed by atoms with van der Waals surface area (Å²) < 4.78 is 5.13. The van der Waals surface area contributed by atoms with E-state index in [0.717, 1.165) is 25.1 Å². The smallest absolute Gasteiger partial charge is 0.407 e. The Morgan fingerprint density at radius 3 is 2.81 bits per heavy atom. The van der Waals surface area contributed by atoms with Gasteiger partial charge in [0.05, 0.1) is 0 Å². The van der Waals surface area contributed by atoms with Gasteiger partial charge in [0.2, 0.25) is 0 Å². The molecule has 0 aliphatic heterocycles. The van der Waals surface area contributed by atoms with Crippen LogP contribution in [0.2, 0.25) is 5.15 Å². The van der Waals surface area contributed by atoms with Gasteiger partial charge < -0.3 is 15.0 Å². The average Bonchev–Trinajstić information content (AvgIpc) is 2.71. The molecule has 2 N–H and O–H groups in total. The molecule has 1 aromatic rings. The molecule has 0 aromatic carbocycles. The van der Waals surface area contributed by atoms with Gasteiger partial charge in [-0.3, -0.25) is 0 Å². The van der Waals surface area contributed by atoms with Crippen LogP contribution in [0.4, 0.5) is 4.79 Å². The van der Waals surface area contributed by atoms with E-state index in [9.17, 15) is 4.79 Å². The first-order chi connectivity index (χ1) is 9.81. The molecule has 0 aliphatic carbocycles. The van der Waals surface area contributed by atoms with E-state index >= 15 is 0 Å². The van der Waals surface area contributed by atoms with Crippen LogP contribution >= 0.6 is 11.6 Å². The molecule has 118 valence electrons. The Morgan fingerprint density at radius 2 is 2.19 bits per heavy atom. The van der Waals surface area contributed by atoms with Gasteiger partial charge in [0.1, 0.15) is 22.3 Å². The number of nitrogens with zero attached hydrogens (tertiary/aromatic N) is 1. The topological polar surface area (TPSA) is 67.0 Å². The minimum absolute atomic E-state index is 0.363. The largest absolute Gasteiger partial charge is 0.444 e. The lowest BCUT2D eigenvalue weighted by Crippen LogP contribution is -2.32. The molecule has 0 radical (unpaired) electrons. The van der Waals surface area contributed by atoms with Crippen LogP contribution in [0.1, 0.15) is 52.1 Å². The van der Waals surface area contributed by atoms with Gasteiger partial charge in [0.25, 0.3) is 0 Å². The molecule has 21 heavy (non-hydrogen) atoms. The average molecular weight is 314 g/mol. The van der Waals surface area contributed by atoms with Crippen molar-refractivity contribution in [1.82, 2.24) is 15.3 Å². The molecule has 0 saturated heterocycles. The fourth-order valence-electron chi connectivity index (χ4n) is 1.61. The normalized spacial score (nSPS) is 11.9. The monoisotopic (exact) mass is 313 g/mol. The summed E-state index contributed by atoms with van der Waals surface area (Å²) in [5.74, 6) is 0.890. The van der Waals surface area contributed by atoms with E-state index in [1.165, 1.54) is 0 Å². The quantitative estimate of drug-likeness (QED) is 0.835. The SMILES string of the molecule is CCCCc1nc(C=CCNC(=O)OC(C)(C)C)c(Cl)[nH]1. The molecule has 1 aromatic heterocycles. The number of carbonyl (C=O) groups excluding carboxylic acids is 1. The molecule has 0 unspecified atom stereocenters. The van der Waals surface area contributed by atoms with Crippen LogP contribution in [0.15, 0.2) is 6.08 Å². The van der Waals surface area contributed by atoms with E-state index in [0.29, 0.717) is 17.4 Å². The number of aromatic nitrogens is 2. The van der Waals surface area contributed by atoms with E-state index in [2.05, 4.69) is 22.2 Å². The molecule has 6 heteroatoms. The molecule has 5 nitrogen and oxygen atoms in total. The maximum Gasteiger partial charge on any atom is 0.407 e. The van der Waals surface area contributed by atoms with Gasteiger partial charge in [0, 0.05) is 13.0 Å². The first kappa shape index (κ1) is 17.6. The highest BCUT2D eigenvalue weighted by Crippen LogP contribution is 2.15. The Bertz CT molecular complexity index is 490. The third kappa shape index (κ3) is 7.18. The number of hydrogen-bond acceptors (Lipinski definition) is 3. The molecule has 0 atom stereocenters. The van der Waals surface area contributed by atoms with E-state index in [4.69, 9.17) is 16.3 Å². The number of aromatic amines is 1. The number of ether oxygens (including phenoxy) is 1. The van der Waals surface area contributed by atoms with Gasteiger partial charge in [-0.05, 0) is 33.3 Å². The fraction of sp³-hybridized carbons (Fsp3) is 0.600. The molecule has 1 amide bonds. The van der Waals surface area contributed by atoms with Crippen LogP contribution < -0.4 is 5.32 Å². The van der Waals surface area contributed by atoms with Crippen molar-refractivity contribution in [3.8, 4) is 0 Å². The second kappa shape index (κ2) is 8.08. The number of nitrogens with one attached hydrogen (secondary N) is 2. The van der Waals surface area contributed by atoms with Gasteiger partial charge in [-0.2, -0.15) is 0 Å². The lowest BCUT2D eigenvalue weighted by molar-refractivity contribution is 0.0534. The predicted octanol–water partition coefficient (Wildman–Crippen LogP) is 3.94. The van der Waals surface area contributed by atoms with Crippen molar-refractivity contribution in [2.75, 3.05) is 6.54 Å². The first-order valence-corrected chi connectivity index (χ1v) is 7.57. The van der Waals surface area contributed by atoms with Crippen molar-refractivity contribution >= 4 is 23.8 Å².